The first-order valence-corrected chi connectivity index (χ1v) is 7.35. The summed E-state index contributed by atoms with van der Waals surface area (Å²) in [6, 6.07) is 4.25. The number of thiocarbonyl (C=S) groups is 1. The lowest BCUT2D eigenvalue weighted by atomic mass is 10.0. The van der Waals surface area contributed by atoms with Crippen LogP contribution in [0.15, 0.2) is 12.1 Å². The molecule has 1 atom stereocenters. The lowest BCUT2D eigenvalue weighted by Crippen LogP contribution is -2.21. The van der Waals surface area contributed by atoms with Gasteiger partial charge >= 0.3 is 0 Å². The van der Waals surface area contributed by atoms with Gasteiger partial charge in [0.1, 0.15) is 10.8 Å². The van der Waals surface area contributed by atoms with Gasteiger partial charge in [-0.25, -0.2) is 4.98 Å². The molecule has 0 saturated carbocycles. The third-order valence-electron chi connectivity index (χ3n) is 3.10. The molecule has 106 valence electrons. The number of nitrogens with one attached hydrogen (secondary N) is 1. The first kappa shape index (κ1) is 15.9. The van der Waals surface area contributed by atoms with Gasteiger partial charge in [0.2, 0.25) is 0 Å². The van der Waals surface area contributed by atoms with Gasteiger partial charge < -0.3 is 11.1 Å². The van der Waals surface area contributed by atoms with Crippen LogP contribution < -0.4 is 11.1 Å². The number of aromatic nitrogens is 1. The molecule has 0 aromatic carbocycles. The summed E-state index contributed by atoms with van der Waals surface area (Å²) >= 11 is 5.07. The van der Waals surface area contributed by atoms with Crippen LogP contribution in [0.4, 0.5) is 5.82 Å². The maximum atomic E-state index is 5.73. The summed E-state index contributed by atoms with van der Waals surface area (Å²) in [5.74, 6) is 1.57. The Hall–Kier alpha value is -1.16. The molecule has 0 saturated heterocycles. The normalized spacial score (nSPS) is 12.5. The summed E-state index contributed by atoms with van der Waals surface area (Å²) < 4.78 is 0. The Labute approximate surface area is 122 Å². The van der Waals surface area contributed by atoms with Crippen molar-refractivity contribution in [1.29, 1.82) is 0 Å². The van der Waals surface area contributed by atoms with Crippen LogP contribution in [0.2, 0.25) is 0 Å². The Balaban J connectivity index is 2.65. The Morgan fingerprint density at radius 1 is 1.32 bits per heavy atom. The molecule has 0 aliphatic rings. The van der Waals surface area contributed by atoms with Crippen LogP contribution in [-0.4, -0.2) is 16.0 Å². The number of rotatable bonds is 7. The van der Waals surface area contributed by atoms with Crippen molar-refractivity contribution in [2.24, 2.45) is 11.7 Å². The van der Waals surface area contributed by atoms with E-state index >= 15 is 0 Å². The zero-order valence-corrected chi connectivity index (χ0v) is 13.2. The number of aryl methyl sites for hydroxylation is 1. The molecule has 1 aromatic heterocycles. The third kappa shape index (κ3) is 5.55. The third-order valence-corrected chi connectivity index (χ3v) is 3.32. The van der Waals surface area contributed by atoms with E-state index < -0.39 is 0 Å². The second kappa shape index (κ2) is 7.43. The van der Waals surface area contributed by atoms with Gasteiger partial charge in [0.25, 0.3) is 0 Å². The molecular formula is C15H25N3S. The quantitative estimate of drug-likeness (QED) is 0.748. The topological polar surface area (TPSA) is 50.9 Å². The monoisotopic (exact) mass is 279 g/mol. The van der Waals surface area contributed by atoms with Crippen molar-refractivity contribution >= 4 is 23.0 Å². The molecule has 0 radical (unpaired) electrons. The Kier molecular flexibility index (Phi) is 6.22. The summed E-state index contributed by atoms with van der Waals surface area (Å²) in [6.07, 6.45) is 3.61. The molecule has 0 amide bonds. The minimum absolute atomic E-state index is 0.376. The molecule has 0 aliphatic carbocycles. The van der Waals surface area contributed by atoms with E-state index in [4.69, 9.17) is 18.0 Å². The molecule has 0 aliphatic heterocycles. The Morgan fingerprint density at radius 2 is 2.00 bits per heavy atom. The second-order valence-corrected chi connectivity index (χ2v) is 6.02. The van der Waals surface area contributed by atoms with Crippen LogP contribution in [0, 0.1) is 12.8 Å². The fraction of sp³-hybridized carbons (Fsp3) is 0.600. The highest BCUT2D eigenvalue weighted by molar-refractivity contribution is 7.80. The van der Waals surface area contributed by atoms with Gasteiger partial charge in [-0.2, -0.15) is 0 Å². The predicted molar refractivity (Wildman–Crippen MR) is 86.6 cm³/mol. The van der Waals surface area contributed by atoms with Gasteiger partial charge in [-0.3, -0.25) is 0 Å². The lowest BCUT2D eigenvalue weighted by molar-refractivity contribution is 0.520. The standard InChI is InChI=1S/C15H25N3S/c1-10(2)6-5-7-11(3)17-15-13(14(16)19)9-8-12(4)18-15/h8-11H,5-7H2,1-4H3,(H2,16,19)(H,17,18). The number of anilines is 1. The maximum Gasteiger partial charge on any atom is 0.136 e. The second-order valence-electron chi connectivity index (χ2n) is 5.58. The molecule has 3 nitrogen and oxygen atoms in total. The molecule has 0 bridgehead atoms. The van der Waals surface area contributed by atoms with Crippen molar-refractivity contribution in [3.8, 4) is 0 Å². The van der Waals surface area contributed by atoms with Crippen LogP contribution in [0.25, 0.3) is 0 Å². The first-order valence-electron chi connectivity index (χ1n) is 6.94. The van der Waals surface area contributed by atoms with Crippen LogP contribution in [0.5, 0.6) is 0 Å². The molecule has 1 unspecified atom stereocenters. The van der Waals surface area contributed by atoms with Crippen molar-refractivity contribution in [1.82, 2.24) is 4.98 Å². The Morgan fingerprint density at radius 3 is 2.58 bits per heavy atom. The van der Waals surface area contributed by atoms with Crippen molar-refractivity contribution in [3.63, 3.8) is 0 Å². The van der Waals surface area contributed by atoms with Gasteiger partial charge in [-0.1, -0.05) is 38.9 Å². The predicted octanol–water partition coefficient (Wildman–Crippen LogP) is 3.65. The summed E-state index contributed by atoms with van der Waals surface area (Å²) in [6.45, 7) is 8.65. The Bertz CT molecular complexity index is 429. The highest BCUT2D eigenvalue weighted by Crippen LogP contribution is 2.17. The number of hydrogen-bond acceptors (Lipinski definition) is 3. The fourth-order valence-corrected chi connectivity index (χ4v) is 2.17. The number of nitrogens with two attached hydrogens (primary N) is 1. The van der Waals surface area contributed by atoms with Gasteiger partial charge in [-0.05, 0) is 38.3 Å². The minimum atomic E-state index is 0.376. The van der Waals surface area contributed by atoms with Gasteiger partial charge in [-0.15, -0.1) is 0 Å². The molecule has 1 aromatic rings. The van der Waals surface area contributed by atoms with Crippen LogP contribution in [0.3, 0.4) is 0 Å². The average Bonchev–Trinajstić information content (AvgIpc) is 2.27. The summed E-state index contributed by atoms with van der Waals surface area (Å²) in [7, 11) is 0. The molecule has 1 heterocycles. The van der Waals surface area contributed by atoms with E-state index in [1.807, 2.05) is 19.1 Å². The van der Waals surface area contributed by atoms with E-state index in [0.717, 1.165) is 29.4 Å². The smallest absolute Gasteiger partial charge is 0.136 e. The fourth-order valence-electron chi connectivity index (χ4n) is 2.00. The van der Waals surface area contributed by atoms with Gasteiger partial charge in [0.15, 0.2) is 0 Å². The van der Waals surface area contributed by atoms with Gasteiger partial charge in [0.05, 0.1) is 5.56 Å². The van der Waals surface area contributed by atoms with Crippen molar-refractivity contribution in [2.45, 2.75) is 53.0 Å². The lowest BCUT2D eigenvalue weighted by Gasteiger charge is -2.17. The first-order chi connectivity index (χ1) is 8.90. The molecule has 3 N–H and O–H groups in total. The van der Waals surface area contributed by atoms with Crippen LogP contribution in [-0.2, 0) is 0 Å². The van der Waals surface area contributed by atoms with E-state index in [1.54, 1.807) is 0 Å². The molecule has 19 heavy (non-hydrogen) atoms. The van der Waals surface area contributed by atoms with Gasteiger partial charge in [0, 0.05) is 11.7 Å². The highest BCUT2D eigenvalue weighted by Gasteiger charge is 2.10. The zero-order valence-electron chi connectivity index (χ0n) is 12.4. The molecule has 1 rings (SSSR count). The number of hydrogen-bond donors (Lipinski definition) is 2. The molecule has 4 heteroatoms. The van der Waals surface area contributed by atoms with Crippen LogP contribution in [0.1, 0.15) is 51.3 Å². The summed E-state index contributed by atoms with van der Waals surface area (Å²) in [5.41, 5.74) is 7.53. The SMILES string of the molecule is Cc1ccc(C(N)=S)c(NC(C)CCCC(C)C)n1. The van der Waals surface area contributed by atoms with E-state index in [1.165, 1.54) is 12.8 Å². The van der Waals surface area contributed by atoms with Crippen molar-refractivity contribution in [2.75, 3.05) is 5.32 Å². The van der Waals surface area contributed by atoms with Crippen molar-refractivity contribution < 1.29 is 0 Å². The van der Waals surface area contributed by atoms with E-state index in [0.29, 0.717) is 11.0 Å². The minimum Gasteiger partial charge on any atom is -0.389 e. The molecule has 0 fully saturated rings. The highest BCUT2D eigenvalue weighted by atomic mass is 32.1. The van der Waals surface area contributed by atoms with E-state index in [2.05, 4.69) is 31.1 Å². The van der Waals surface area contributed by atoms with Crippen molar-refractivity contribution in [3.05, 3.63) is 23.4 Å². The number of pyridine rings is 1. The summed E-state index contributed by atoms with van der Waals surface area (Å²) in [4.78, 5) is 4.89. The van der Waals surface area contributed by atoms with E-state index in [9.17, 15) is 0 Å². The largest absolute Gasteiger partial charge is 0.389 e. The maximum absolute atomic E-state index is 5.73. The summed E-state index contributed by atoms with van der Waals surface area (Å²) in [5, 5.41) is 3.43. The van der Waals surface area contributed by atoms with Crippen LogP contribution >= 0.6 is 12.2 Å². The average molecular weight is 279 g/mol. The zero-order chi connectivity index (χ0) is 14.4. The number of nitrogens with zero attached hydrogens (tertiary/aromatic N) is 1. The van der Waals surface area contributed by atoms with E-state index in [-0.39, 0.29) is 0 Å². The molecular weight excluding hydrogens is 254 g/mol. The molecule has 0 spiro atoms.